The number of carbonyl (C=O) groups excluding carboxylic acids is 1. The molecule has 1 fully saturated rings. The van der Waals surface area contributed by atoms with E-state index in [0.29, 0.717) is 18.8 Å². The SMILES string of the molecule is O=C(c1nc(-c2ccncc2)no1)N1CCCC[C@H]1CCO. The van der Waals surface area contributed by atoms with E-state index in [1.54, 1.807) is 29.4 Å². The molecule has 1 aliphatic heterocycles. The Hall–Kier alpha value is -2.28. The standard InChI is InChI=1S/C15H18N4O3/c20-10-6-12-3-1-2-9-19(12)15(21)14-17-13(18-22-14)11-4-7-16-8-5-11/h4-5,7-8,12,20H,1-3,6,9-10H2/t12-/m0/s1. The van der Waals surface area contributed by atoms with Crippen molar-refractivity contribution < 1.29 is 14.4 Å². The fourth-order valence-electron chi connectivity index (χ4n) is 2.77. The predicted molar refractivity (Wildman–Crippen MR) is 77.9 cm³/mol. The molecule has 1 aliphatic rings. The number of likely N-dealkylation sites (tertiary alicyclic amines) is 1. The highest BCUT2D eigenvalue weighted by atomic mass is 16.5. The van der Waals surface area contributed by atoms with Crippen LogP contribution in [0.25, 0.3) is 11.4 Å². The Bertz CT molecular complexity index is 627. The summed E-state index contributed by atoms with van der Waals surface area (Å²) in [6, 6.07) is 3.56. The molecule has 7 heteroatoms. The maximum Gasteiger partial charge on any atom is 0.316 e. The van der Waals surface area contributed by atoms with E-state index < -0.39 is 0 Å². The van der Waals surface area contributed by atoms with Crippen LogP contribution in [0.2, 0.25) is 0 Å². The molecule has 0 spiro atoms. The number of hydrogen-bond acceptors (Lipinski definition) is 6. The number of aromatic nitrogens is 3. The molecule has 3 rings (SSSR count). The normalized spacial score (nSPS) is 18.4. The molecule has 0 aromatic carbocycles. The van der Waals surface area contributed by atoms with E-state index in [0.717, 1.165) is 24.8 Å². The van der Waals surface area contributed by atoms with Gasteiger partial charge >= 0.3 is 11.8 Å². The first-order valence-corrected chi connectivity index (χ1v) is 7.45. The fourth-order valence-corrected chi connectivity index (χ4v) is 2.77. The van der Waals surface area contributed by atoms with Crippen molar-refractivity contribution in [1.82, 2.24) is 20.0 Å². The van der Waals surface area contributed by atoms with Crippen molar-refractivity contribution in [1.29, 1.82) is 0 Å². The van der Waals surface area contributed by atoms with Gasteiger partial charge in [0.15, 0.2) is 0 Å². The molecule has 1 N–H and O–H groups in total. The lowest BCUT2D eigenvalue weighted by atomic mass is 9.99. The summed E-state index contributed by atoms with van der Waals surface area (Å²) in [6.07, 6.45) is 6.78. The van der Waals surface area contributed by atoms with Crippen LogP contribution < -0.4 is 0 Å². The Labute approximate surface area is 128 Å². The highest BCUT2D eigenvalue weighted by Crippen LogP contribution is 2.22. The van der Waals surface area contributed by atoms with Gasteiger partial charge < -0.3 is 14.5 Å². The molecule has 116 valence electrons. The van der Waals surface area contributed by atoms with Crippen LogP contribution in [0.4, 0.5) is 0 Å². The van der Waals surface area contributed by atoms with Crippen molar-refractivity contribution in [3.8, 4) is 11.4 Å². The zero-order chi connectivity index (χ0) is 15.4. The molecule has 2 aromatic heterocycles. The maximum absolute atomic E-state index is 12.6. The van der Waals surface area contributed by atoms with Crippen LogP contribution >= 0.6 is 0 Å². The minimum Gasteiger partial charge on any atom is -0.396 e. The largest absolute Gasteiger partial charge is 0.396 e. The Morgan fingerprint density at radius 2 is 2.18 bits per heavy atom. The summed E-state index contributed by atoms with van der Waals surface area (Å²) in [5.74, 6) is 0.115. The van der Waals surface area contributed by atoms with E-state index in [9.17, 15) is 4.79 Å². The molecular weight excluding hydrogens is 284 g/mol. The molecule has 7 nitrogen and oxygen atoms in total. The van der Waals surface area contributed by atoms with Crippen LogP contribution in [-0.4, -0.2) is 50.2 Å². The molecule has 1 atom stereocenters. The van der Waals surface area contributed by atoms with E-state index in [-0.39, 0.29) is 24.4 Å². The lowest BCUT2D eigenvalue weighted by Gasteiger charge is -2.34. The quantitative estimate of drug-likeness (QED) is 0.920. The zero-order valence-electron chi connectivity index (χ0n) is 12.2. The Morgan fingerprint density at radius 1 is 1.36 bits per heavy atom. The molecule has 1 amide bonds. The van der Waals surface area contributed by atoms with Gasteiger partial charge in [-0.05, 0) is 37.8 Å². The fraction of sp³-hybridized carbons (Fsp3) is 0.467. The van der Waals surface area contributed by atoms with Gasteiger partial charge in [0.25, 0.3) is 0 Å². The average Bonchev–Trinajstić information content (AvgIpc) is 3.06. The van der Waals surface area contributed by atoms with Crippen molar-refractivity contribution in [2.24, 2.45) is 0 Å². The van der Waals surface area contributed by atoms with Gasteiger partial charge in [-0.3, -0.25) is 9.78 Å². The van der Waals surface area contributed by atoms with Gasteiger partial charge in [0.2, 0.25) is 5.82 Å². The number of piperidine rings is 1. The number of hydrogen-bond donors (Lipinski definition) is 1. The number of pyridine rings is 1. The molecule has 2 aromatic rings. The lowest BCUT2D eigenvalue weighted by molar-refractivity contribution is 0.0525. The van der Waals surface area contributed by atoms with Gasteiger partial charge in [-0.25, -0.2) is 0 Å². The summed E-state index contributed by atoms with van der Waals surface area (Å²) < 4.78 is 5.13. The van der Waals surface area contributed by atoms with Gasteiger partial charge in [-0.15, -0.1) is 0 Å². The van der Waals surface area contributed by atoms with Crippen LogP contribution in [0.15, 0.2) is 29.0 Å². The minimum atomic E-state index is -0.258. The van der Waals surface area contributed by atoms with Crippen molar-refractivity contribution >= 4 is 5.91 Å². The third-order valence-corrected chi connectivity index (χ3v) is 3.90. The molecule has 0 bridgehead atoms. The summed E-state index contributed by atoms with van der Waals surface area (Å²) in [5, 5.41) is 13.0. The molecule has 0 unspecified atom stereocenters. The first-order valence-electron chi connectivity index (χ1n) is 7.45. The van der Waals surface area contributed by atoms with E-state index in [1.165, 1.54) is 0 Å². The van der Waals surface area contributed by atoms with E-state index >= 15 is 0 Å². The van der Waals surface area contributed by atoms with Crippen molar-refractivity contribution in [3.05, 3.63) is 30.4 Å². The molecule has 0 radical (unpaired) electrons. The highest BCUT2D eigenvalue weighted by Gasteiger charge is 2.30. The predicted octanol–water partition coefficient (Wildman–Crippen LogP) is 1.51. The molecule has 3 heterocycles. The number of carbonyl (C=O) groups is 1. The molecule has 1 saturated heterocycles. The monoisotopic (exact) mass is 302 g/mol. The van der Waals surface area contributed by atoms with Crippen LogP contribution in [0.1, 0.15) is 36.4 Å². The lowest BCUT2D eigenvalue weighted by Crippen LogP contribution is -2.44. The molecule has 22 heavy (non-hydrogen) atoms. The van der Waals surface area contributed by atoms with Crippen LogP contribution in [-0.2, 0) is 0 Å². The summed E-state index contributed by atoms with van der Waals surface area (Å²) in [5.41, 5.74) is 0.753. The molecular formula is C15H18N4O3. The van der Waals surface area contributed by atoms with Crippen LogP contribution in [0.5, 0.6) is 0 Å². The van der Waals surface area contributed by atoms with Crippen molar-refractivity contribution in [3.63, 3.8) is 0 Å². The Morgan fingerprint density at radius 3 is 2.95 bits per heavy atom. The Balaban J connectivity index is 1.78. The molecule has 0 aliphatic carbocycles. The van der Waals surface area contributed by atoms with Crippen molar-refractivity contribution in [2.45, 2.75) is 31.7 Å². The summed E-state index contributed by atoms with van der Waals surface area (Å²) in [6.45, 7) is 0.733. The second kappa shape index (κ2) is 6.65. The van der Waals surface area contributed by atoms with Crippen LogP contribution in [0, 0.1) is 0 Å². The van der Waals surface area contributed by atoms with Gasteiger partial charge in [0.05, 0.1) is 0 Å². The number of nitrogens with zero attached hydrogens (tertiary/aromatic N) is 4. The van der Waals surface area contributed by atoms with Crippen molar-refractivity contribution in [2.75, 3.05) is 13.2 Å². The first kappa shape index (κ1) is 14.6. The number of rotatable bonds is 4. The van der Waals surface area contributed by atoms with Gasteiger partial charge in [-0.2, -0.15) is 4.98 Å². The zero-order valence-corrected chi connectivity index (χ0v) is 12.2. The van der Waals surface area contributed by atoms with E-state index in [4.69, 9.17) is 9.63 Å². The number of amides is 1. The van der Waals surface area contributed by atoms with E-state index in [1.807, 2.05) is 0 Å². The van der Waals surface area contributed by atoms with Crippen LogP contribution in [0.3, 0.4) is 0 Å². The topological polar surface area (TPSA) is 92.3 Å². The van der Waals surface area contributed by atoms with Gasteiger partial charge in [-0.1, -0.05) is 5.16 Å². The number of aliphatic hydroxyl groups is 1. The maximum atomic E-state index is 12.6. The highest BCUT2D eigenvalue weighted by molar-refractivity contribution is 5.90. The smallest absolute Gasteiger partial charge is 0.316 e. The van der Waals surface area contributed by atoms with Gasteiger partial charge in [0.1, 0.15) is 0 Å². The Kier molecular flexibility index (Phi) is 4.43. The third kappa shape index (κ3) is 2.99. The molecule has 0 saturated carbocycles. The second-order valence-corrected chi connectivity index (χ2v) is 5.32. The number of aliphatic hydroxyl groups excluding tert-OH is 1. The third-order valence-electron chi connectivity index (χ3n) is 3.90. The van der Waals surface area contributed by atoms with E-state index in [2.05, 4.69) is 15.1 Å². The minimum absolute atomic E-state index is 0.00310. The second-order valence-electron chi connectivity index (χ2n) is 5.32. The van der Waals surface area contributed by atoms with Gasteiger partial charge in [0, 0.05) is 37.2 Å². The summed E-state index contributed by atoms with van der Waals surface area (Å²) in [7, 11) is 0. The first-order chi connectivity index (χ1) is 10.8. The average molecular weight is 302 g/mol. The summed E-state index contributed by atoms with van der Waals surface area (Å²) >= 11 is 0. The summed E-state index contributed by atoms with van der Waals surface area (Å²) in [4.78, 5) is 22.4.